The molecular weight excluding hydrogens is 376 g/mol. The summed E-state index contributed by atoms with van der Waals surface area (Å²) in [5.74, 6) is -0.653. The highest BCUT2D eigenvalue weighted by atomic mass is 35.5. The van der Waals surface area contributed by atoms with E-state index in [1.54, 1.807) is 25.4 Å². The molecule has 0 saturated carbocycles. The van der Waals surface area contributed by atoms with Crippen LogP contribution in [-0.2, 0) is 22.1 Å². The molecule has 2 aromatic heterocycles. The molecule has 0 aliphatic rings. The van der Waals surface area contributed by atoms with Crippen molar-refractivity contribution in [1.82, 2.24) is 19.6 Å². The predicted octanol–water partition coefficient (Wildman–Crippen LogP) is 2.01. The Labute approximate surface area is 156 Å². The van der Waals surface area contributed by atoms with E-state index in [4.69, 9.17) is 11.6 Å². The molecule has 1 N–H and O–H groups in total. The molecule has 0 aliphatic heterocycles. The molecule has 1 atom stereocenters. The Morgan fingerprint density at radius 3 is 2.62 bits per heavy atom. The number of aliphatic hydroxyl groups excluding tert-OH is 1. The van der Waals surface area contributed by atoms with Gasteiger partial charge in [0.25, 0.3) is 0 Å². The standard InChI is InChI=1S/C17H19ClN4O3S/c1-13-16(17(18)22(20-13)14-6-3-2-4-7-14)12-26(24,25)11-15(23)10-21-9-5-8-19-21/h2-9,15,23H,10-12H2,1H3/t15-/m0/s1. The van der Waals surface area contributed by atoms with Gasteiger partial charge in [0.1, 0.15) is 5.15 Å². The molecular formula is C17H19ClN4O3S. The molecule has 3 aromatic rings. The molecule has 7 nitrogen and oxygen atoms in total. The van der Waals surface area contributed by atoms with Gasteiger partial charge in [-0.3, -0.25) is 4.68 Å². The minimum atomic E-state index is -3.58. The number of halogens is 1. The smallest absolute Gasteiger partial charge is 0.157 e. The number of benzene rings is 1. The highest BCUT2D eigenvalue weighted by Crippen LogP contribution is 2.25. The average molecular weight is 395 g/mol. The molecule has 0 radical (unpaired) electrons. The van der Waals surface area contributed by atoms with E-state index in [2.05, 4.69) is 10.2 Å². The fraction of sp³-hybridized carbons (Fsp3) is 0.294. The summed E-state index contributed by atoms with van der Waals surface area (Å²) < 4.78 is 28.0. The van der Waals surface area contributed by atoms with Gasteiger partial charge in [-0.2, -0.15) is 10.2 Å². The van der Waals surface area contributed by atoms with Crippen molar-refractivity contribution in [3.05, 3.63) is 65.2 Å². The number of sulfone groups is 1. The van der Waals surface area contributed by atoms with Crippen LogP contribution >= 0.6 is 11.6 Å². The van der Waals surface area contributed by atoms with Crippen LogP contribution in [0.1, 0.15) is 11.3 Å². The SMILES string of the molecule is Cc1nn(-c2ccccc2)c(Cl)c1CS(=O)(=O)C[C@@H](O)Cn1cccn1. The summed E-state index contributed by atoms with van der Waals surface area (Å²) in [6.45, 7) is 1.83. The Balaban J connectivity index is 1.76. The molecule has 2 heterocycles. The summed E-state index contributed by atoms with van der Waals surface area (Å²) in [4.78, 5) is 0. The van der Waals surface area contributed by atoms with Crippen LogP contribution in [0.4, 0.5) is 0 Å². The van der Waals surface area contributed by atoms with E-state index in [1.807, 2.05) is 30.3 Å². The van der Waals surface area contributed by atoms with Crippen LogP contribution in [0.3, 0.4) is 0 Å². The Bertz CT molecular complexity index is 969. The van der Waals surface area contributed by atoms with Gasteiger partial charge in [-0.15, -0.1) is 0 Å². The number of nitrogens with zero attached hydrogens (tertiary/aromatic N) is 4. The first-order valence-electron chi connectivity index (χ1n) is 8.01. The molecule has 9 heteroatoms. The fourth-order valence-electron chi connectivity index (χ4n) is 2.68. The summed E-state index contributed by atoms with van der Waals surface area (Å²) in [7, 11) is -3.58. The molecule has 0 amide bonds. The zero-order valence-electron chi connectivity index (χ0n) is 14.2. The molecule has 3 rings (SSSR count). The summed E-state index contributed by atoms with van der Waals surface area (Å²) in [5.41, 5.74) is 1.74. The fourth-order valence-corrected chi connectivity index (χ4v) is 4.70. The van der Waals surface area contributed by atoms with Gasteiger partial charge < -0.3 is 5.11 Å². The summed E-state index contributed by atoms with van der Waals surface area (Å²) >= 11 is 6.38. The molecule has 0 saturated heterocycles. The minimum absolute atomic E-state index is 0.113. The molecule has 0 fully saturated rings. The van der Waals surface area contributed by atoms with Crippen LogP contribution in [-0.4, -0.2) is 44.9 Å². The molecule has 0 spiro atoms. The molecule has 26 heavy (non-hydrogen) atoms. The van der Waals surface area contributed by atoms with Crippen LogP contribution in [0, 0.1) is 6.92 Å². The Hall–Kier alpha value is -2.16. The Morgan fingerprint density at radius 2 is 1.96 bits per heavy atom. The quantitative estimate of drug-likeness (QED) is 0.662. The zero-order valence-corrected chi connectivity index (χ0v) is 15.7. The van der Waals surface area contributed by atoms with Gasteiger partial charge in [-0.05, 0) is 25.1 Å². The van der Waals surface area contributed by atoms with Crippen molar-refractivity contribution < 1.29 is 13.5 Å². The van der Waals surface area contributed by atoms with E-state index in [1.165, 1.54) is 9.36 Å². The molecule has 0 unspecified atom stereocenters. The van der Waals surface area contributed by atoms with E-state index >= 15 is 0 Å². The maximum atomic E-state index is 12.5. The lowest BCUT2D eigenvalue weighted by molar-refractivity contribution is 0.171. The van der Waals surface area contributed by atoms with Gasteiger partial charge in [0, 0.05) is 18.0 Å². The third-order valence-corrected chi connectivity index (χ3v) is 5.90. The second kappa shape index (κ2) is 7.61. The van der Waals surface area contributed by atoms with E-state index in [0.717, 1.165) is 5.69 Å². The van der Waals surface area contributed by atoms with Crippen LogP contribution in [0.25, 0.3) is 5.69 Å². The van der Waals surface area contributed by atoms with Gasteiger partial charge in [0.2, 0.25) is 0 Å². The number of hydrogen-bond acceptors (Lipinski definition) is 5. The topological polar surface area (TPSA) is 90.0 Å². The molecule has 0 aliphatic carbocycles. The second-order valence-electron chi connectivity index (χ2n) is 6.04. The molecule has 0 bridgehead atoms. The normalized spacial score (nSPS) is 13.0. The number of hydrogen-bond donors (Lipinski definition) is 1. The van der Waals surface area contributed by atoms with Crippen molar-refractivity contribution in [3.8, 4) is 5.69 Å². The minimum Gasteiger partial charge on any atom is -0.390 e. The third kappa shape index (κ3) is 4.32. The average Bonchev–Trinajstić information content (AvgIpc) is 3.18. The van der Waals surface area contributed by atoms with Gasteiger partial charge in [-0.25, -0.2) is 13.1 Å². The maximum Gasteiger partial charge on any atom is 0.157 e. The summed E-state index contributed by atoms with van der Waals surface area (Å²) in [6, 6.07) is 11.0. The van der Waals surface area contributed by atoms with Gasteiger partial charge >= 0.3 is 0 Å². The first-order chi connectivity index (χ1) is 12.4. The van der Waals surface area contributed by atoms with Crippen molar-refractivity contribution in [1.29, 1.82) is 0 Å². The van der Waals surface area contributed by atoms with E-state index in [0.29, 0.717) is 11.3 Å². The van der Waals surface area contributed by atoms with Crippen molar-refractivity contribution in [2.75, 3.05) is 5.75 Å². The highest BCUT2D eigenvalue weighted by Gasteiger charge is 2.24. The van der Waals surface area contributed by atoms with Crippen LogP contribution < -0.4 is 0 Å². The Kier molecular flexibility index (Phi) is 5.45. The van der Waals surface area contributed by atoms with Crippen LogP contribution in [0.15, 0.2) is 48.8 Å². The molecule has 1 aromatic carbocycles. The van der Waals surface area contributed by atoms with E-state index < -0.39 is 15.9 Å². The monoisotopic (exact) mass is 394 g/mol. The highest BCUT2D eigenvalue weighted by molar-refractivity contribution is 7.90. The second-order valence-corrected chi connectivity index (χ2v) is 8.51. The summed E-state index contributed by atoms with van der Waals surface area (Å²) in [5, 5.41) is 18.6. The summed E-state index contributed by atoms with van der Waals surface area (Å²) in [6.07, 6.45) is 2.19. The van der Waals surface area contributed by atoms with Crippen molar-refractivity contribution >= 4 is 21.4 Å². The van der Waals surface area contributed by atoms with Crippen molar-refractivity contribution in [2.45, 2.75) is 25.3 Å². The van der Waals surface area contributed by atoms with Crippen molar-refractivity contribution in [3.63, 3.8) is 0 Å². The first-order valence-corrected chi connectivity index (χ1v) is 10.2. The predicted molar refractivity (Wildman–Crippen MR) is 99.0 cm³/mol. The third-order valence-electron chi connectivity index (χ3n) is 3.89. The number of aryl methyl sites for hydroxylation is 1. The molecule has 138 valence electrons. The zero-order chi connectivity index (χ0) is 18.7. The first kappa shape index (κ1) is 18.6. The lowest BCUT2D eigenvalue weighted by Crippen LogP contribution is -2.26. The largest absolute Gasteiger partial charge is 0.390 e. The van der Waals surface area contributed by atoms with Gasteiger partial charge in [-0.1, -0.05) is 29.8 Å². The lowest BCUT2D eigenvalue weighted by Gasteiger charge is -2.11. The Morgan fingerprint density at radius 1 is 1.23 bits per heavy atom. The van der Waals surface area contributed by atoms with E-state index in [-0.39, 0.29) is 23.2 Å². The number of rotatable bonds is 7. The van der Waals surface area contributed by atoms with Crippen molar-refractivity contribution in [2.24, 2.45) is 0 Å². The van der Waals surface area contributed by atoms with E-state index in [9.17, 15) is 13.5 Å². The lowest BCUT2D eigenvalue weighted by atomic mass is 10.3. The number of aromatic nitrogens is 4. The maximum absolute atomic E-state index is 12.5. The van der Waals surface area contributed by atoms with Crippen LogP contribution in [0.5, 0.6) is 0 Å². The number of para-hydroxylation sites is 1. The van der Waals surface area contributed by atoms with Gasteiger partial charge in [0.05, 0.1) is 35.5 Å². The number of aliphatic hydroxyl groups is 1. The van der Waals surface area contributed by atoms with Gasteiger partial charge in [0.15, 0.2) is 9.84 Å². The van der Waals surface area contributed by atoms with Crippen LogP contribution in [0.2, 0.25) is 5.15 Å².